The van der Waals surface area contributed by atoms with Gasteiger partial charge in [-0.1, -0.05) is 25.1 Å². The second-order valence-electron chi connectivity index (χ2n) is 4.30. The number of aryl methyl sites for hydroxylation is 1. The maximum atomic E-state index is 5.84. The van der Waals surface area contributed by atoms with Gasteiger partial charge in [-0.3, -0.25) is 0 Å². The molecule has 0 aliphatic rings. The van der Waals surface area contributed by atoms with E-state index in [0.29, 0.717) is 26.4 Å². The number of ether oxygens (including phenoxy) is 3. The van der Waals surface area contributed by atoms with E-state index in [1.165, 1.54) is 5.56 Å². The number of para-hydroxylation sites is 1. The van der Waals surface area contributed by atoms with Gasteiger partial charge in [0, 0.05) is 19.2 Å². The third kappa shape index (κ3) is 6.05. The normalized spacial score (nSPS) is 10.7. The van der Waals surface area contributed by atoms with Gasteiger partial charge in [-0.25, -0.2) is 0 Å². The number of hydrogen-bond donors (Lipinski definition) is 1. The van der Waals surface area contributed by atoms with Crippen molar-refractivity contribution in [1.82, 2.24) is 5.32 Å². The van der Waals surface area contributed by atoms with Crippen molar-refractivity contribution in [2.75, 3.05) is 40.1 Å². The van der Waals surface area contributed by atoms with Gasteiger partial charge < -0.3 is 19.5 Å². The summed E-state index contributed by atoms with van der Waals surface area (Å²) in [6.07, 6.45) is 0. The van der Waals surface area contributed by atoms with Gasteiger partial charge in [0.05, 0.1) is 19.8 Å². The predicted octanol–water partition coefficient (Wildman–Crippen LogP) is 2.15. The van der Waals surface area contributed by atoms with E-state index in [1.54, 1.807) is 7.11 Å². The Balaban J connectivity index is 2.42. The molecule has 0 spiro atoms. The van der Waals surface area contributed by atoms with Crippen molar-refractivity contribution in [3.63, 3.8) is 0 Å². The van der Waals surface area contributed by atoms with Crippen molar-refractivity contribution in [2.45, 2.75) is 20.4 Å². The van der Waals surface area contributed by atoms with Crippen molar-refractivity contribution >= 4 is 0 Å². The summed E-state index contributed by atoms with van der Waals surface area (Å²) in [6, 6.07) is 6.22. The smallest absolute Gasteiger partial charge is 0.126 e. The van der Waals surface area contributed by atoms with E-state index in [9.17, 15) is 0 Å². The van der Waals surface area contributed by atoms with Gasteiger partial charge in [0.2, 0.25) is 0 Å². The van der Waals surface area contributed by atoms with Crippen LogP contribution in [-0.4, -0.2) is 40.1 Å². The molecule has 0 aliphatic heterocycles. The molecule has 0 amide bonds. The monoisotopic (exact) mass is 267 g/mol. The molecular formula is C15H25NO3. The van der Waals surface area contributed by atoms with Gasteiger partial charge in [0.1, 0.15) is 12.4 Å². The van der Waals surface area contributed by atoms with Crippen LogP contribution in [-0.2, 0) is 16.0 Å². The van der Waals surface area contributed by atoms with Gasteiger partial charge in [0.25, 0.3) is 0 Å². The molecule has 4 nitrogen and oxygen atoms in total. The molecule has 0 atom stereocenters. The minimum atomic E-state index is 0.563. The summed E-state index contributed by atoms with van der Waals surface area (Å²) in [5, 5.41) is 3.32. The van der Waals surface area contributed by atoms with Crippen LogP contribution in [0.25, 0.3) is 0 Å². The quantitative estimate of drug-likeness (QED) is 0.659. The summed E-state index contributed by atoms with van der Waals surface area (Å²) in [7, 11) is 1.67. The lowest BCUT2D eigenvalue weighted by molar-refractivity contribution is 0.0541. The highest BCUT2D eigenvalue weighted by Gasteiger charge is 2.06. The second-order valence-corrected chi connectivity index (χ2v) is 4.30. The Morgan fingerprint density at radius 1 is 1.11 bits per heavy atom. The molecule has 0 fully saturated rings. The molecule has 19 heavy (non-hydrogen) atoms. The predicted molar refractivity (Wildman–Crippen MR) is 76.7 cm³/mol. The highest BCUT2D eigenvalue weighted by molar-refractivity contribution is 5.40. The standard InChI is InChI=1S/C15H25NO3/c1-4-16-12-14-7-5-6-13(2)15(14)19-11-10-18-9-8-17-3/h5-7,16H,4,8-12H2,1-3H3. The molecule has 4 heteroatoms. The summed E-state index contributed by atoms with van der Waals surface area (Å²) < 4.78 is 16.1. The fraction of sp³-hybridized carbons (Fsp3) is 0.600. The first-order valence-electron chi connectivity index (χ1n) is 6.78. The zero-order chi connectivity index (χ0) is 13.9. The number of hydrogen-bond acceptors (Lipinski definition) is 4. The van der Waals surface area contributed by atoms with Crippen LogP contribution in [0.15, 0.2) is 18.2 Å². The zero-order valence-electron chi connectivity index (χ0n) is 12.2. The molecule has 0 unspecified atom stereocenters. The molecule has 0 heterocycles. The number of methoxy groups -OCH3 is 1. The summed E-state index contributed by atoms with van der Waals surface area (Å²) in [5.74, 6) is 0.971. The molecule has 0 radical (unpaired) electrons. The first-order chi connectivity index (χ1) is 9.29. The van der Waals surface area contributed by atoms with Gasteiger partial charge >= 0.3 is 0 Å². The Kier molecular flexibility index (Phi) is 8.21. The maximum Gasteiger partial charge on any atom is 0.126 e. The molecular weight excluding hydrogens is 242 g/mol. The van der Waals surface area contributed by atoms with E-state index in [1.807, 2.05) is 0 Å². The van der Waals surface area contributed by atoms with Crippen molar-refractivity contribution < 1.29 is 14.2 Å². The van der Waals surface area contributed by atoms with Crippen LogP contribution in [0.3, 0.4) is 0 Å². The Morgan fingerprint density at radius 3 is 2.63 bits per heavy atom. The Hall–Kier alpha value is -1.10. The van der Waals surface area contributed by atoms with Crippen molar-refractivity contribution in [3.05, 3.63) is 29.3 Å². The Bertz CT molecular complexity index is 355. The fourth-order valence-corrected chi connectivity index (χ4v) is 1.77. The van der Waals surface area contributed by atoms with E-state index >= 15 is 0 Å². The van der Waals surface area contributed by atoms with Gasteiger partial charge in [-0.2, -0.15) is 0 Å². The van der Waals surface area contributed by atoms with E-state index in [4.69, 9.17) is 14.2 Å². The van der Waals surface area contributed by atoms with Crippen molar-refractivity contribution in [3.8, 4) is 5.75 Å². The first-order valence-corrected chi connectivity index (χ1v) is 6.78. The molecule has 0 aromatic heterocycles. The molecule has 108 valence electrons. The van der Waals surface area contributed by atoms with Gasteiger partial charge in [-0.15, -0.1) is 0 Å². The van der Waals surface area contributed by atoms with Crippen LogP contribution >= 0.6 is 0 Å². The first kappa shape index (κ1) is 16.0. The minimum absolute atomic E-state index is 0.563. The molecule has 0 saturated heterocycles. The Morgan fingerprint density at radius 2 is 1.89 bits per heavy atom. The molecule has 1 aromatic carbocycles. The molecule has 1 N–H and O–H groups in total. The number of rotatable bonds is 10. The highest BCUT2D eigenvalue weighted by atomic mass is 16.5. The van der Waals surface area contributed by atoms with E-state index in [2.05, 4.69) is 37.4 Å². The second kappa shape index (κ2) is 9.78. The maximum absolute atomic E-state index is 5.84. The summed E-state index contributed by atoms with van der Waals surface area (Å²) in [4.78, 5) is 0. The van der Waals surface area contributed by atoms with Crippen molar-refractivity contribution in [1.29, 1.82) is 0 Å². The van der Waals surface area contributed by atoms with Gasteiger partial charge in [-0.05, 0) is 19.0 Å². The molecule has 0 aliphatic carbocycles. The number of nitrogens with one attached hydrogen (secondary N) is 1. The highest BCUT2D eigenvalue weighted by Crippen LogP contribution is 2.23. The number of benzene rings is 1. The SMILES string of the molecule is CCNCc1cccc(C)c1OCCOCCOC. The molecule has 0 saturated carbocycles. The summed E-state index contributed by atoms with van der Waals surface area (Å²) in [5.41, 5.74) is 2.35. The van der Waals surface area contributed by atoms with E-state index in [-0.39, 0.29) is 0 Å². The van der Waals surface area contributed by atoms with E-state index < -0.39 is 0 Å². The van der Waals surface area contributed by atoms with Crippen LogP contribution in [0.2, 0.25) is 0 Å². The van der Waals surface area contributed by atoms with E-state index in [0.717, 1.165) is 24.4 Å². The molecule has 1 aromatic rings. The lowest BCUT2D eigenvalue weighted by Crippen LogP contribution is -2.15. The topological polar surface area (TPSA) is 39.7 Å². The van der Waals surface area contributed by atoms with Crippen molar-refractivity contribution in [2.24, 2.45) is 0 Å². The largest absolute Gasteiger partial charge is 0.491 e. The van der Waals surface area contributed by atoms with Crippen LogP contribution in [0.1, 0.15) is 18.1 Å². The lowest BCUT2D eigenvalue weighted by Gasteiger charge is -2.14. The average Bonchev–Trinajstić information content (AvgIpc) is 2.42. The van der Waals surface area contributed by atoms with Gasteiger partial charge in [0.15, 0.2) is 0 Å². The Labute approximate surface area is 116 Å². The van der Waals surface area contributed by atoms with Crippen LogP contribution < -0.4 is 10.1 Å². The van der Waals surface area contributed by atoms with Crippen LogP contribution in [0, 0.1) is 6.92 Å². The summed E-state index contributed by atoms with van der Waals surface area (Å²) in [6.45, 7) is 8.32. The molecule has 1 rings (SSSR count). The third-order valence-electron chi connectivity index (χ3n) is 2.76. The lowest BCUT2D eigenvalue weighted by atomic mass is 10.1. The minimum Gasteiger partial charge on any atom is -0.491 e. The van der Waals surface area contributed by atoms with Crippen LogP contribution in [0.5, 0.6) is 5.75 Å². The summed E-state index contributed by atoms with van der Waals surface area (Å²) >= 11 is 0. The zero-order valence-corrected chi connectivity index (χ0v) is 12.2. The molecule has 0 bridgehead atoms. The third-order valence-corrected chi connectivity index (χ3v) is 2.76. The average molecular weight is 267 g/mol. The van der Waals surface area contributed by atoms with Crippen LogP contribution in [0.4, 0.5) is 0 Å². The fourth-order valence-electron chi connectivity index (χ4n) is 1.77.